The molecule has 0 spiro atoms. The van der Waals surface area contributed by atoms with Crippen LogP contribution in [0, 0.1) is 0 Å². The summed E-state index contributed by atoms with van der Waals surface area (Å²) in [7, 11) is 3.42. The van der Waals surface area contributed by atoms with Gasteiger partial charge in [-0.25, -0.2) is 0 Å². The third-order valence-electron chi connectivity index (χ3n) is 4.82. The minimum Gasteiger partial charge on any atom is -0.505 e. The summed E-state index contributed by atoms with van der Waals surface area (Å²) in [5, 5.41) is 14.3. The van der Waals surface area contributed by atoms with Crippen molar-refractivity contribution in [3.8, 4) is 17.2 Å². The Labute approximate surface area is 191 Å². The number of para-hydroxylation sites is 2. The molecule has 1 aliphatic rings. The SMILES string of the molecule is COc1ccccc1OCC1(C(C)=O)SCCN1N(C)c1cc(Br)cc(Br)c1O. The maximum Gasteiger partial charge on any atom is 0.177 e. The summed E-state index contributed by atoms with van der Waals surface area (Å²) >= 11 is 8.37. The number of rotatable bonds is 7. The smallest absolute Gasteiger partial charge is 0.177 e. The van der Waals surface area contributed by atoms with Crippen molar-refractivity contribution in [2.75, 3.05) is 38.1 Å². The second-order valence-corrected chi connectivity index (χ2v) is 9.67. The predicted octanol–water partition coefficient (Wildman–Crippen LogP) is 4.69. The van der Waals surface area contributed by atoms with Gasteiger partial charge in [-0.15, -0.1) is 11.8 Å². The molecular formula is C20H22Br2N2O4S. The molecule has 1 atom stereocenters. The number of methoxy groups -OCH3 is 1. The highest BCUT2D eigenvalue weighted by molar-refractivity contribution is 9.11. The minimum atomic E-state index is -0.920. The number of phenolic OH excluding ortho intramolecular Hbond substituents is 1. The van der Waals surface area contributed by atoms with Crippen LogP contribution in [0.3, 0.4) is 0 Å². The molecule has 1 fully saturated rings. The number of thioether (sulfide) groups is 1. The van der Waals surface area contributed by atoms with Crippen LogP contribution in [-0.4, -0.2) is 53.8 Å². The van der Waals surface area contributed by atoms with E-state index in [0.29, 0.717) is 28.2 Å². The van der Waals surface area contributed by atoms with Crippen molar-refractivity contribution in [3.05, 3.63) is 45.3 Å². The number of benzene rings is 2. The zero-order chi connectivity index (χ0) is 21.2. The van der Waals surface area contributed by atoms with Crippen molar-refractivity contribution in [2.45, 2.75) is 11.8 Å². The largest absolute Gasteiger partial charge is 0.505 e. The number of nitrogens with zero attached hydrogens (tertiary/aromatic N) is 2. The van der Waals surface area contributed by atoms with Crippen molar-refractivity contribution in [1.82, 2.24) is 5.01 Å². The molecule has 2 aromatic rings. The van der Waals surface area contributed by atoms with Gasteiger partial charge in [0.25, 0.3) is 0 Å². The van der Waals surface area contributed by atoms with Gasteiger partial charge in [0.1, 0.15) is 6.61 Å². The van der Waals surface area contributed by atoms with E-state index in [4.69, 9.17) is 9.47 Å². The van der Waals surface area contributed by atoms with Crippen molar-refractivity contribution < 1.29 is 19.4 Å². The van der Waals surface area contributed by atoms with Crippen molar-refractivity contribution in [3.63, 3.8) is 0 Å². The monoisotopic (exact) mass is 544 g/mol. The molecule has 0 amide bonds. The molecule has 0 aromatic heterocycles. The quantitative estimate of drug-likeness (QED) is 0.541. The van der Waals surface area contributed by atoms with E-state index in [1.165, 1.54) is 11.8 Å². The number of hydrogen-bond acceptors (Lipinski definition) is 7. The molecule has 9 heteroatoms. The molecule has 0 bridgehead atoms. The summed E-state index contributed by atoms with van der Waals surface area (Å²) in [6.45, 7) is 2.36. The fourth-order valence-electron chi connectivity index (χ4n) is 3.29. The number of Topliss-reactive ketones (excluding diaryl/α,β-unsaturated/α-hetero) is 1. The number of anilines is 1. The lowest BCUT2D eigenvalue weighted by Crippen LogP contribution is -2.58. The van der Waals surface area contributed by atoms with Crippen LogP contribution in [0.15, 0.2) is 45.3 Å². The molecule has 0 radical (unpaired) electrons. The first-order valence-corrected chi connectivity index (χ1v) is 11.5. The fraction of sp³-hybridized carbons (Fsp3) is 0.350. The van der Waals surface area contributed by atoms with Gasteiger partial charge in [0.05, 0.1) is 17.3 Å². The number of aromatic hydroxyl groups is 1. The zero-order valence-electron chi connectivity index (χ0n) is 16.3. The molecule has 1 aliphatic heterocycles. The molecule has 0 saturated carbocycles. The van der Waals surface area contributed by atoms with Crippen LogP contribution < -0.4 is 14.5 Å². The Morgan fingerprint density at radius 3 is 2.66 bits per heavy atom. The molecule has 6 nitrogen and oxygen atoms in total. The lowest BCUT2D eigenvalue weighted by Gasteiger charge is -2.41. The van der Waals surface area contributed by atoms with E-state index < -0.39 is 4.87 Å². The Kier molecular flexibility index (Phi) is 7.03. The van der Waals surface area contributed by atoms with E-state index in [-0.39, 0.29) is 18.1 Å². The highest BCUT2D eigenvalue weighted by Crippen LogP contribution is 2.44. The van der Waals surface area contributed by atoms with Gasteiger partial charge in [-0.1, -0.05) is 28.1 Å². The van der Waals surface area contributed by atoms with Crippen LogP contribution in [0.25, 0.3) is 0 Å². The number of ether oxygens (including phenoxy) is 2. The van der Waals surface area contributed by atoms with Gasteiger partial charge in [0, 0.05) is 23.8 Å². The Balaban J connectivity index is 1.93. The minimum absolute atomic E-state index is 0.0182. The Bertz CT molecular complexity index is 914. The van der Waals surface area contributed by atoms with E-state index in [1.807, 2.05) is 47.4 Å². The maximum absolute atomic E-state index is 12.8. The lowest BCUT2D eigenvalue weighted by atomic mass is 10.2. The van der Waals surface area contributed by atoms with Crippen LogP contribution >= 0.6 is 43.6 Å². The lowest BCUT2D eigenvalue weighted by molar-refractivity contribution is -0.124. The van der Waals surface area contributed by atoms with Gasteiger partial charge in [-0.2, -0.15) is 5.01 Å². The molecule has 0 aliphatic carbocycles. The van der Waals surface area contributed by atoms with E-state index >= 15 is 0 Å². The van der Waals surface area contributed by atoms with Crippen molar-refractivity contribution >= 4 is 55.1 Å². The van der Waals surface area contributed by atoms with Crippen LogP contribution in [0.1, 0.15) is 6.92 Å². The van der Waals surface area contributed by atoms with Gasteiger partial charge >= 0.3 is 0 Å². The highest BCUT2D eigenvalue weighted by atomic mass is 79.9. The Morgan fingerprint density at radius 2 is 2.00 bits per heavy atom. The molecular weight excluding hydrogens is 524 g/mol. The van der Waals surface area contributed by atoms with Crippen LogP contribution in [0.2, 0.25) is 0 Å². The number of phenols is 1. The first kappa shape index (κ1) is 22.3. The molecule has 29 heavy (non-hydrogen) atoms. The van der Waals surface area contributed by atoms with Gasteiger partial charge < -0.3 is 19.6 Å². The summed E-state index contributed by atoms with van der Waals surface area (Å²) in [5.41, 5.74) is 0.580. The highest BCUT2D eigenvalue weighted by Gasteiger charge is 2.49. The summed E-state index contributed by atoms with van der Waals surface area (Å²) in [4.78, 5) is 11.9. The van der Waals surface area contributed by atoms with Gasteiger partial charge in [-0.3, -0.25) is 4.79 Å². The first-order valence-electron chi connectivity index (χ1n) is 8.90. The van der Waals surface area contributed by atoms with Crippen LogP contribution in [0.4, 0.5) is 5.69 Å². The van der Waals surface area contributed by atoms with Gasteiger partial charge in [0.15, 0.2) is 27.9 Å². The third kappa shape index (κ3) is 4.38. The standard InChI is InChI=1S/C20H22Br2N2O4S/c1-13(25)20(12-28-18-7-5-4-6-17(18)27-3)24(8-9-29-20)23(2)16-11-14(21)10-15(22)19(16)26/h4-7,10-11,26H,8-9,12H2,1-3H3. The van der Waals surface area contributed by atoms with E-state index in [1.54, 1.807) is 20.1 Å². The molecule has 1 unspecified atom stereocenters. The molecule has 1 heterocycles. The molecule has 1 saturated heterocycles. The Morgan fingerprint density at radius 1 is 1.31 bits per heavy atom. The van der Waals surface area contributed by atoms with E-state index in [9.17, 15) is 9.90 Å². The second-order valence-electron chi connectivity index (χ2n) is 6.53. The van der Waals surface area contributed by atoms with Crippen molar-refractivity contribution in [2.24, 2.45) is 0 Å². The normalized spacial score (nSPS) is 19.2. The van der Waals surface area contributed by atoms with E-state index in [2.05, 4.69) is 31.9 Å². The summed E-state index contributed by atoms with van der Waals surface area (Å²) in [6, 6.07) is 10.9. The van der Waals surface area contributed by atoms with E-state index in [0.717, 1.165) is 10.2 Å². The number of halogens is 2. The Hall–Kier alpha value is -1.42. The molecule has 3 rings (SSSR count). The summed E-state index contributed by atoms with van der Waals surface area (Å²) < 4.78 is 12.8. The number of hydrogen-bond donors (Lipinski definition) is 1. The summed E-state index contributed by atoms with van der Waals surface area (Å²) in [5.74, 6) is 2.04. The van der Waals surface area contributed by atoms with Crippen molar-refractivity contribution in [1.29, 1.82) is 0 Å². The topological polar surface area (TPSA) is 62.2 Å². The van der Waals surface area contributed by atoms with Gasteiger partial charge in [0.2, 0.25) is 0 Å². The molecule has 1 N–H and O–H groups in total. The van der Waals surface area contributed by atoms with Gasteiger partial charge in [-0.05, 0) is 47.1 Å². The zero-order valence-corrected chi connectivity index (χ0v) is 20.3. The maximum atomic E-state index is 12.8. The number of carbonyl (C=O) groups excluding carboxylic acids is 1. The average Bonchev–Trinajstić information content (AvgIpc) is 3.14. The predicted molar refractivity (Wildman–Crippen MR) is 123 cm³/mol. The average molecular weight is 546 g/mol. The second kappa shape index (κ2) is 9.16. The molecule has 156 valence electrons. The number of ketones is 1. The third-order valence-corrected chi connectivity index (χ3v) is 7.36. The van der Waals surface area contributed by atoms with Crippen LogP contribution in [-0.2, 0) is 4.79 Å². The number of hydrazine groups is 1. The summed E-state index contributed by atoms with van der Waals surface area (Å²) in [6.07, 6.45) is 0. The number of carbonyl (C=O) groups is 1. The first-order chi connectivity index (χ1) is 13.8. The van der Waals surface area contributed by atoms with Crippen LogP contribution in [0.5, 0.6) is 17.2 Å². The fourth-order valence-corrected chi connectivity index (χ4v) is 5.81. The molecule has 2 aromatic carbocycles.